The topological polar surface area (TPSA) is 76.7 Å². The van der Waals surface area contributed by atoms with E-state index in [-0.39, 0.29) is 18.4 Å². The highest BCUT2D eigenvalue weighted by Crippen LogP contribution is 2.26. The van der Waals surface area contributed by atoms with Crippen LogP contribution in [0, 0.1) is 0 Å². The summed E-state index contributed by atoms with van der Waals surface area (Å²) in [6, 6.07) is 28.8. The second-order valence-electron chi connectivity index (χ2n) is 8.10. The Morgan fingerprint density at radius 2 is 1.46 bits per heavy atom. The molecule has 0 heterocycles. The zero-order valence-corrected chi connectivity index (χ0v) is 19.6. The van der Waals surface area contributed by atoms with E-state index in [1.165, 1.54) is 0 Å². The molecule has 0 spiro atoms. The van der Waals surface area contributed by atoms with Crippen LogP contribution in [-0.2, 0) is 17.8 Å². The molecular weight excluding hydrogens is 440 g/mol. The van der Waals surface area contributed by atoms with E-state index in [1.54, 1.807) is 19.2 Å². The van der Waals surface area contributed by atoms with Crippen molar-refractivity contribution in [2.24, 2.45) is 0 Å². The van der Waals surface area contributed by atoms with E-state index in [4.69, 9.17) is 9.47 Å². The first kappa shape index (κ1) is 23.8. The molecule has 35 heavy (non-hydrogen) atoms. The van der Waals surface area contributed by atoms with Crippen LogP contribution in [0.2, 0.25) is 0 Å². The third-order valence-electron chi connectivity index (χ3n) is 5.64. The van der Waals surface area contributed by atoms with Gasteiger partial charge >= 0.3 is 0 Å². The molecule has 0 aromatic heterocycles. The summed E-state index contributed by atoms with van der Waals surface area (Å²) in [5.74, 6) is 0.668. The molecule has 4 rings (SSSR count). The maximum Gasteiger partial charge on any atom is 0.257 e. The molecule has 0 saturated carbocycles. The minimum atomic E-state index is -0.255. The van der Waals surface area contributed by atoms with Crippen LogP contribution in [0.4, 0.5) is 0 Å². The van der Waals surface area contributed by atoms with Gasteiger partial charge in [0.25, 0.3) is 11.8 Å². The maximum absolute atomic E-state index is 13.0. The quantitative estimate of drug-likeness (QED) is 0.359. The van der Waals surface area contributed by atoms with Crippen molar-refractivity contribution in [3.05, 3.63) is 108 Å². The van der Waals surface area contributed by atoms with Crippen molar-refractivity contribution >= 4 is 22.6 Å². The van der Waals surface area contributed by atoms with E-state index in [1.807, 2.05) is 78.9 Å². The first-order chi connectivity index (χ1) is 17.1. The lowest BCUT2D eigenvalue weighted by atomic mass is 10.1. The monoisotopic (exact) mass is 468 g/mol. The zero-order chi connectivity index (χ0) is 24.5. The standard InChI is InChI=1S/C29H28N2O4/c1-34-25-13-11-21(12-14-25)15-16-30-28(32)20-35-27-18-24-10-6-5-9-23(24)17-26(27)29(33)31-19-22-7-3-2-4-8-22/h2-14,17-18H,15-16,19-20H2,1H3,(H,30,32)(H,31,33). The number of carbonyl (C=O) groups excluding carboxylic acids is 2. The zero-order valence-electron chi connectivity index (χ0n) is 19.6. The Morgan fingerprint density at radius 1 is 0.771 bits per heavy atom. The van der Waals surface area contributed by atoms with Gasteiger partial charge in [0.15, 0.2) is 6.61 Å². The summed E-state index contributed by atoms with van der Waals surface area (Å²) in [5, 5.41) is 7.66. The molecule has 0 aliphatic carbocycles. The van der Waals surface area contributed by atoms with Crippen LogP contribution < -0.4 is 20.1 Å². The molecule has 6 heteroatoms. The van der Waals surface area contributed by atoms with Crippen LogP contribution in [0.25, 0.3) is 10.8 Å². The highest BCUT2D eigenvalue weighted by molar-refractivity contribution is 6.01. The average molecular weight is 469 g/mol. The van der Waals surface area contributed by atoms with Crippen LogP contribution in [0.5, 0.6) is 11.5 Å². The van der Waals surface area contributed by atoms with Crippen molar-refractivity contribution in [2.75, 3.05) is 20.3 Å². The van der Waals surface area contributed by atoms with Gasteiger partial charge in [-0.1, -0.05) is 66.7 Å². The van der Waals surface area contributed by atoms with Gasteiger partial charge in [-0.05, 0) is 52.6 Å². The number of amides is 2. The Bertz CT molecular complexity index is 1290. The Kier molecular flexibility index (Phi) is 7.96. The maximum atomic E-state index is 13.0. The van der Waals surface area contributed by atoms with Crippen LogP contribution >= 0.6 is 0 Å². The van der Waals surface area contributed by atoms with Gasteiger partial charge < -0.3 is 20.1 Å². The summed E-state index contributed by atoms with van der Waals surface area (Å²) >= 11 is 0. The summed E-state index contributed by atoms with van der Waals surface area (Å²) in [6.45, 7) is 0.703. The summed E-state index contributed by atoms with van der Waals surface area (Å²) in [4.78, 5) is 25.4. The number of hydrogen-bond acceptors (Lipinski definition) is 4. The summed E-state index contributed by atoms with van der Waals surface area (Å²) in [6.07, 6.45) is 0.693. The van der Waals surface area contributed by atoms with Crippen molar-refractivity contribution in [1.29, 1.82) is 0 Å². The van der Waals surface area contributed by atoms with Crippen LogP contribution in [-0.4, -0.2) is 32.1 Å². The normalized spacial score (nSPS) is 10.5. The van der Waals surface area contributed by atoms with Crippen molar-refractivity contribution in [1.82, 2.24) is 10.6 Å². The summed E-state index contributed by atoms with van der Waals surface area (Å²) < 4.78 is 11.0. The molecule has 0 aliphatic heterocycles. The number of nitrogens with one attached hydrogen (secondary N) is 2. The lowest BCUT2D eigenvalue weighted by Crippen LogP contribution is -2.31. The van der Waals surface area contributed by atoms with Gasteiger partial charge in [0.1, 0.15) is 11.5 Å². The number of fused-ring (bicyclic) bond motifs is 1. The highest BCUT2D eigenvalue weighted by Gasteiger charge is 2.15. The fourth-order valence-corrected chi connectivity index (χ4v) is 3.72. The number of carbonyl (C=O) groups is 2. The second kappa shape index (κ2) is 11.7. The predicted octanol–water partition coefficient (Wildman–Crippen LogP) is 4.52. The first-order valence-electron chi connectivity index (χ1n) is 11.5. The Labute approximate surface area is 204 Å². The molecule has 0 atom stereocenters. The number of ether oxygens (including phenoxy) is 2. The van der Waals surface area contributed by atoms with Crippen molar-refractivity contribution < 1.29 is 19.1 Å². The molecule has 0 aliphatic rings. The van der Waals surface area contributed by atoms with E-state index in [0.29, 0.717) is 30.8 Å². The third-order valence-corrected chi connectivity index (χ3v) is 5.64. The Hall–Kier alpha value is -4.32. The van der Waals surface area contributed by atoms with Gasteiger partial charge in [0, 0.05) is 13.1 Å². The molecule has 6 nitrogen and oxygen atoms in total. The van der Waals surface area contributed by atoms with E-state index in [9.17, 15) is 9.59 Å². The van der Waals surface area contributed by atoms with E-state index >= 15 is 0 Å². The van der Waals surface area contributed by atoms with Gasteiger partial charge in [0.05, 0.1) is 12.7 Å². The molecule has 4 aromatic carbocycles. The minimum Gasteiger partial charge on any atom is -0.497 e. The molecule has 0 fully saturated rings. The minimum absolute atomic E-state index is 0.181. The van der Waals surface area contributed by atoms with Crippen LogP contribution in [0.3, 0.4) is 0 Å². The molecule has 2 N–H and O–H groups in total. The first-order valence-corrected chi connectivity index (χ1v) is 11.5. The third kappa shape index (κ3) is 6.60. The molecule has 4 aromatic rings. The fraction of sp³-hybridized carbons (Fsp3) is 0.172. The largest absolute Gasteiger partial charge is 0.497 e. The fourth-order valence-electron chi connectivity index (χ4n) is 3.72. The lowest BCUT2D eigenvalue weighted by molar-refractivity contribution is -0.123. The van der Waals surface area contributed by atoms with Crippen molar-refractivity contribution in [2.45, 2.75) is 13.0 Å². The van der Waals surface area contributed by atoms with Gasteiger partial charge in [-0.25, -0.2) is 0 Å². The number of methoxy groups -OCH3 is 1. The van der Waals surface area contributed by atoms with Gasteiger partial charge in [-0.2, -0.15) is 0 Å². The van der Waals surface area contributed by atoms with Crippen LogP contribution in [0.15, 0.2) is 91.0 Å². The van der Waals surface area contributed by atoms with Crippen molar-refractivity contribution in [3.63, 3.8) is 0 Å². The molecule has 178 valence electrons. The number of hydrogen-bond donors (Lipinski definition) is 2. The van der Waals surface area contributed by atoms with Crippen molar-refractivity contribution in [3.8, 4) is 11.5 Å². The van der Waals surface area contributed by atoms with Crippen LogP contribution in [0.1, 0.15) is 21.5 Å². The molecule has 0 radical (unpaired) electrons. The number of benzene rings is 4. The predicted molar refractivity (Wildman–Crippen MR) is 137 cm³/mol. The highest BCUT2D eigenvalue weighted by atomic mass is 16.5. The Morgan fingerprint density at radius 3 is 2.17 bits per heavy atom. The summed E-state index contributed by atoms with van der Waals surface area (Å²) in [7, 11) is 1.63. The molecule has 0 saturated heterocycles. The van der Waals surface area contributed by atoms with E-state index < -0.39 is 0 Å². The SMILES string of the molecule is COc1ccc(CCNC(=O)COc2cc3ccccc3cc2C(=O)NCc2ccccc2)cc1. The Balaban J connectivity index is 1.38. The van der Waals surface area contributed by atoms with Gasteiger partial charge in [0.2, 0.25) is 0 Å². The van der Waals surface area contributed by atoms with E-state index in [2.05, 4.69) is 10.6 Å². The van der Waals surface area contributed by atoms with Gasteiger partial charge in [-0.15, -0.1) is 0 Å². The smallest absolute Gasteiger partial charge is 0.257 e. The summed E-state index contributed by atoms with van der Waals surface area (Å²) in [5.41, 5.74) is 2.49. The average Bonchev–Trinajstić information content (AvgIpc) is 2.91. The molecule has 0 bridgehead atoms. The number of rotatable bonds is 10. The van der Waals surface area contributed by atoms with E-state index in [0.717, 1.165) is 27.6 Å². The lowest BCUT2D eigenvalue weighted by Gasteiger charge is -2.14. The second-order valence-corrected chi connectivity index (χ2v) is 8.10. The molecule has 0 unspecified atom stereocenters. The van der Waals surface area contributed by atoms with Gasteiger partial charge in [-0.3, -0.25) is 9.59 Å². The molecular formula is C29H28N2O4. The molecule has 2 amide bonds.